The van der Waals surface area contributed by atoms with E-state index in [2.05, 4.69) is 106 Å². The number of hydrogen-bond acceptors (Lipinski definition) is 6. The first-order valence-corrected chi connectivity index (χ1v) is 27.1. The largest absolute Gasteiger partial charge is 0.462 e. The highest BCUT2D eigenvalue weighted by Gasteiger charge is 2.19. The van der Waals surface area contributed by atoms with Gasteiger partial charge >= 0.3 is 17.9 Å². The Morgan fingerprint density at radius 1 is 0.323 bits per heavy atom. The summed E-state index contributed by atoms with van der Waals surface area (Å²) in [6.45, 7) is 6.41. The molecule has 0 amide bonds. The molecule has 65 heavy (non-hydrogen) atoms. The van der Waals surface area contributed by atoms with Gasteiger partial charge in [0, 0.05) is 19.3 Å². The van der Waals surface area contributed by atoms with Gasteiger partial charge in [-0.3, -0.25) is 14.4 Å². The van der Waals surface area contributed by atoms with Crippen LogP contribution in [-0.2, 0) is 28.6 Å². The van der Waals surface area contributed by atoms with E-state index in [1.54, 1.807) is 0 Å². The van der Waals surface area contributed by atoms with E-state index in [1.165, 1.54) is 96.3 Å². The summed E-state index contributed by atoms with van der Waals surface area (Å²) in [5.74, 6) is -0.969. The van der Waals surface area contributed by atoms with E-state index in [0.29, 0.717) is 19.3 Å². The summed E-state index contributed by atoms with van der Waals surface area (Å²) in [7, 11) is 0. The molecule has 6 heteroatoms. The minimum Gasteiger partial charge on any atom is -0.462 e. The van der Waals surface area contributed by atoms with E-state index < -0.39 is 6.10 Å². The van der Waals surface area contributed by atoms with E-state index in [-0.39, 0.29) is 37.5 Å². The van der Waals surface area contributed by atoms with E-state index in [4.69, 9.17) is 14.2 Å². The molecule has 0 radical (unpaired) electrons. The van der Waals surface area contributed by atoms with Gasteiger partial charge < -0.3 is 14.2 Å². The monoisotopic (exact) mass is 905 g/mol. The van der Waals surface area contributed by atoms with Crippen LogP contribution < -0.4 is 0 Å². The van der Waals surface area contributed by atoms with Gasteiger partial charge in [0.15, 0.2) is 6.10 Å². The highest BCUT2D eigenvalue weighted by atomic mass is 16.6. The Morgan fingerprint density at radius 3 is 1.06 bits per heavy atom. The van der Waals surface area contributed by atoms with E-state index in [9.17, 15) is 14.4 Å². The molecule has 6 nitrogen and oxygen atoms in total. The van der Waals surface area contributed by atoms with Gasteiger partial charge in [-0.25, -0.2) is 0 Å². The molecule has 0 aliphatic heterocycles. The molecule has 0 aromatic heterocycles. The lowest BCUT2D eigenvalue weighted by Gasteiger charge is -2.18. The highest BCUT2D eigenvalue weighted by Crippen LogP contribution is 2.15. The molecule has 0 saturated carbocycles. The lowest BCUT2D eigenvalue weighted by atomic mass is 10.0. The van der Waals surface area contributed by atoms with Crippen molar-refractivity contribution in [3.63, 3.8) is 0 Å². The van der Waals surface area contributed by atoms with Crippen LogP contribution in [0.4, 0.5) is 0 Å². The van der Waals surface area contributed by atoms with Crippen LogP contribution in [0, 0.1) is 0 Å². The van der Waals surface area contributed by atoms with Crippen molar-refractivity contribution < 1.29 is 28.6 Å². The van der Waals surface area contributed by atoms with Crippen molar-refractivity contribution in [2.45, 2.75) is 258 Å². The molecule has 0 N–H and O–H groups in total. The molecule has 0 aliphatic carbocycles. The Morgan fingerprint density at radius 2 is 0.646 bits per heavy atom. The zero-order chi connectivity index (χ0) is 47.2. The quantitative estimate of drug-likeness (QED) is 0.0262. The average Bonchev–Trinajstić information content (AvgIpc) is 3.30. The predicted octanol–water partition coefficient (Wildman–Crippen LogP) is 18.0. The van der Waals surface area contributed by atoms with Crippen LogP contribution in [0.15, 0.2) is 85.1 Å². The molecule has 372 valence electrons. The normalized spacial score (nSPS) is 12.7. The molecule has 0 bridgehead atoms. The standard InChI is InChI=1S/C59H100O6/c1-4-7-10-13-16-19-22-25-27-29-31-34-37-40-43-46-49-52-58(61)64-55-56(54-63-57(60)51-48-45-42-39-36-33-24-21-18-15-12-9-6-3)65-59(62)53-50-47-44-41-38-35-32-30-28-26-23-20-17-14-11-8-5-2/h7,10,12,15-16,19,21,24-25,27,31,34,40,43,56H,4-6,8-9,11,13-14,17-18,20,22-23,26,28-30,32-33,35-39,41-42,44-55H2,1-3H3/b10-7-,15-12-,19-16-,24-21-,27-25-,34-31-,43-40-. The molecule has 1 unspecified atom stereocenters. The predicted molar refractivity (Wildman–Crippen MR) is 279 cm³/mol. The number of esters is 3. The maximum atomic E-state index is 12.8. The van der Waals surface area contributed by atoms with Crippen molar-refractivity contribution in [2.75, 3.05) is 13.2 Å². The Kier molecular flexibility index (Phi) is 50.4. The minimum atomic E-state index is -0.803. The van der Waals surface area contributed by atoms with Crippen LogP contribution in [-0.4, -0.2) is 37.2 Å². The topological polar surface area (TPSA) is 78.9 Å². The lowest BCUT2D eigenvalue weighted by molar-refractivity contribution is -0.167. The summed E-state index contributed by atoms with van der Waals surface area (Å²) in [6.07, 6.45) is 68.6. The van der Waals surface area contributed by atoms with Gasteiger partial charge in [-0.15, -0.1) is 0 Å². The van der Waals surface area contributed by atoms with Gasteiger partial charge in [-0.2, -0.15) is 0 Å². The van der Waals surface area contributed by atoms with Crippen molar-refractivity contribution in [2.24, 2.45) is 0 Å². The third kappa shape index (κ3) is 51.4. The van der Waals surface area contributed by atoms with Gasteiger partial charge in [-0.1, -0.05) is 234 Å². The average molecular weight is 905 g/mol. The Bertz CT molecular complexity index is 1270. The zero-order valence-corrected chi connectivity index (χ0v) is 42.5. The van der Waals surface area contributed by atoms with Crippen LogP contribution in [0.5, 0.6) is 0 Å². The number of rotatable bonds is 48. The second-order valence-electron chi connectivity index (χ2n) is 17.8. The van der Waals surface area contributed by atoms with Crippen LogP contribution in [0.1, 0.15) is 252 Å². The van der Waals surface area contributed by atoms with Crippen LogP contribution in [0.25, 0.3) is 0 Å². The number of unbranched alkanes of at least 4 members (excludes halogenated alkanes) is 23. The van der Waals surface area contributed by atoms with Crippen LogP contribution >= 0.6 is 0 Å². The Balaban J connectivity index is 4.47. The summed E-state index contributed by atoms with van der Waals surface area (Å²) < 4.78 is 16.8. The summed E-state index contributed by atoms with van der Waals surface area (Å²) in [5, 5.41) is 0. The SMILES string of the molecule is CC/C=C\C/C=C\C/C=C\C/C=C\C/C=C\CCCC(=O)OCC(COC(=O)CCCCCCC/C=C\C/C=C\CCC)OC(=O)CCCCCCCCCCCCCCCCCCC. The fourth-order valence-electron chi connectivity index (χ4n) is 7.34. The Hall–Kier alpha value is -3.41. The van der Waals surface area contributed by atoms with Gasteiger partial charge in [0.2, 0.25) is 0 Å². The number of hydrogen-bond donors (Lipinski definition) is 0. The van der Waals surface area contributed by atoms with Crippen molar-refractivity contribution in [3.8, 4) is 0 Å². The molecule has 0 aromatic carbocycles. The van der Waals surface area contributed by atoms with Crippen LogP contribution in [0.3, 0.4) is 0 Å². The van der Waals surface area contributed by atoms with E-state index in [0.717, 1.165) is 109 Å². The lowest BCUT2D eigenvalue weighted by Crippen LogP contribution is -2.30. The van der Waals surface area contributed by atoms with Crippen LogP contribution in [0.2, 0.25) is 0 Å². The minimum absolute atomic E-state index is 0.100. The molecule has 0 heterocycles. The van der Waals surface area contributed by atoms with Crippen molar-refractivity contribution in [1.82, 2.24) is 0 Å². The fourth-order valence-corrected chi connectivity index (χ4v) is 7.34. The zero-order valence-electron chi connectivity index (χ0n) is 42.5. The Labute approximate surface area is 401 Å². The fraction of sp³-hybridized carbons (Fsp3) is 0.712. The second-order valence-corrected chi connectivity index (χ2v) is 17.8. The maximum Gasteiger partial charge on any atom is 0.306 e. The molecular formula is C59H100O6. The van der Waals surface area contributed by atoms with Crippen molar-refractivity contribution >= 4 is 17.9 Å². The molecule has 0 rings (SSSR count). The molecule has 0 saturated heterocycles. The van der Waals surface area contributed by atoms with Gasteiger partial charge in [0.05, 0.1) is 0 Å². The first-order chi connectivity index (χ1) is 32.0. The van der Waals surface area contributed by atoms with Crippen molar-refractivity contribution in [3.05, 3.63) is 85.1 Å². The molecule has 0 aliphatic rings. The van der Waals surface area contributed by atoms with Gasteiger partial charge in [0.1, 0.15) is 13.2 Å². The summed E-state index contributed by atoms with van der Waals surface area (Å²) in [5.41, 5.74) is 0. The third-order valence-electron chi connectivity index (χ3n) is 11.4. The first kappa shape index (κ1) is 61.6. The van der Waals surface area contributed by atoms with E-state index in [1.807, 2.05) is 0 Å². The third-order valence-corrected chi connectivity index (χ3v) is 11.4. The van der Waals surface area contributed by atoms with Gasteiger partial charge in [0.25, 0.3) is 0 Å². The maximum absolute atomic E-state index is 12.8. The summed E-state index contributed by atoms with van der Waals surface area (Å²) >= 11 is 0. The summed E-state index contributed by atoms with van der Waals surface area (Å²) in [4.78, 5) is 38.0. The number of carbonyl (C=O) groups is 3. The van der Waals surface area contributed by atoms with E-state index >= 15 is 0 Å². The number of allylic oxidation sites excluding steroid dienone is 14. The van der Waals surface area contributed by atoms with Gasteiger partial charge in [-0.05, 0) is 83.5 Å². The molecule has 1 atom stereocenters. The second kappa shape index (κ2) is 53.2. The smallest absolute Gasteiger partial charge is 0.306 e. The summed E-state index contributed by atoms with van der Waals surface area (Å²) in [6, 6.07) is 0. The molecule has 0 fully saturated rings. The number of ether oxygens (including phenoxy) is 3. The van der Waals surface area contributed by atoms with Crippen molar-refractivity contribution in [1.29, 1.82) is 0 Å². The molecule has 0 spiro atoms. The highest BCUT2D eigenvalue weighted by molar-refractivity contribution is 5.71. The first-order valence-electron chi connectivity index (χ1n) is 27.1. The molecular weight excluding hydrogens is 805 g/mol. The number of carbonyl (C=O) groups excluding carboxylic acids is 3. The molecule has 0 aromatic rings.